The maximum Gasteiger partial charge on any atom is 0.178 e. The Balaban J connectivity index is 2.05. The molecule has 2 rings (SSSR count). The number of benzene rings is 1. The highest BCUT2D eigenvalue weighted by Crippen LogP contribution is 2.20. The first-order valence-electron chi connectivity index (χ1n) is 5.80. The quantitative estimate of drug-likeness (QED) is 0.736. The normalized spacial score (nSPS) is 18.6. The molecule has 1 heterocycles. The Morgan fingerprint density at radius 2 is 2.22 bits per heavy atom. The number of rotatable bonds is 7. The summed E-state index contributed by atoms with van der Waals surface area (Å²) in [5.74, 6) is 0.467. The molecule has 1 aromatic carbocycles. The molecule has 1 atom stereocenters. The third-order valence-electron chi connectivity index (χ3n) is 2.57. The second-order valence-corrected chi connectivity index (χ2v) is 6.25. The van der Waals surface area contributed by atoms with Crippen molar-refractivity contribution < 1.29 is 23.0 Å². The summed E-state index contributed by atoms with van der Waals surface area (Å²) >= 11 is 0. The molecule has 0 aliphatic carbocycles. The molecule has 100 valence electrons. The first-order valence-corrected chi connectivity index (χ1v) is 7.45. The van der Waals surface area contributed by atoms with Crippen LogP contribution in [0, 0.1) is 0 Å². The van der Waals surface area contributed by atoms with E-state index < -0.39 is 9.84 Å². The molecule has 1 N–H and O–H groups in total. The smallest absolute Gasteiger partial charge is 0.178 e. The minimum Gasteiger partial charge on any atom is -0.491 e. The van der Waals surface area contributed by atoms with E-state index in [1.54, 1.807) is 12.1 Å². The molecule has 0 amide bonds. The van der Waals surface area contributed by atoms with Crippen molar-refractivity contribution in [2.45, 2.75) is 17.4 Å². The highest BCUT2D eigenvalue weighted by Gasteiger charge is 2.23. The van der Waals surface area contributed by atoms with Gasteiger partial charge in [-0.1, -0.05) is 6.07 Å². The molecule has 6 heteroatoms. The molecule has 18 heavy (non-hydrogen) atoms. The van der Waals surface area contributed by atoms with Crippen LogP contribution in [0.3, 0.4) is 0 Å². The predicted octanol–water partition coefficient (Wildman–Crippen LogP) is 0.620. The van der Waals surface area contributed by atoms with Gasteiger partial charge in [-0.05, 0) is 24.6 Å². The van der Waals surface area contributed by atoms with Crippen LogP contribution in [0.25, 0.3) is 0 Å². The molecular formula is C12H16O5S. The zero-order chi connectivity index (χ0) is 13.0. The maximum atomic E-state index is 11.9. The third kappa shape index (κ3) is 3.69. The van der Waals surface area contributed by atoms with Gasteiger partial charge in [0.15, 0.2) is 9.84 Å². The van der Waals surface area contributed by atoms with E-state index in [2.05, 4.69) is 0 Å². The fourth-order valence-corrected chi connectivity index (χ4v) is 2.81. The van der Waals surface area contributed by atoms with E-state index in [4.69, 9.17) is 14.6 Å². The molecule has 0 radical (unpaired) electrons. The van der Waals surface area contributed by atoms with Crippen LogP contribution in [0.4, 0.5) is 0 Å². The van der Waals surface area contributed by atoms with Gasteiger partial charge in [-0.3, -0.25) is 0 Å². The lowest BCUT2D eigenvalue weighted by Gasteiger charge is -2.07. The van der Waals surface area contributed by atoms with Crippen LogP contribution in [-0.2, 0) is 14.6 Å². The van der Waals surface area contributed by atoms with Gasteiger partial charge in [0.05, 0.1) is 17.3 Å². The van der Waals surface area contributed by atoms with Crippen molar-refractivity contribution in [3.8, 4) is 5.75 Å². The van der Waals surface area contributed by atoms with E-state index in [-0.39, 0.29) is 29.8 Å². The second-order valence-electron chi connectivity index (χ2n) is 4.14. The Labute approximate surface area is 106 Å². The molecule has 1 aliphatic rings. The van der Waals surface area contributed by atoms with Crippen molar-refractivity contribution in [1.82, 2.24) is 0 Å². The van der Waals surface area contributed by atoms with E-state index in [1.165, 1.54) is 12.1 Å². The zero-order valence-corrected chi connectivity index (χ0v) is 10.7. The van der Waals surface area contributed by atoms with Gasteiger partial charge in [-0.15, -0.1) is 0 Å². The molecule has 1 saturated heterocycles. The van der Waals surface area contributed by atoms with Gasteiger partial charge in [-0.25, -0.2) is 8.42 Å². The molecule has 0 unspecified atom stereocenters. The van der Waals surface area contributed by atoms with Crippen molar-refractivity contribution in [3.63, 3.8) is 0 Å². The third-order valence-corrected chi connectivity index (χ3v) is 4.37. The number of ether oxygens (including phenoxy) is 2. The average molecular weight is 272 g/mol. The Morgan fingerprint density at radius 3 is 2.89 bits per heavy atom. The van der Waals surface area contributed by atoms with Crippen molar-refractivity contribution >= 4 is 9.84 Å². The topological polar surface area (TPSA) is 76.1 Å². The Morgan fingerprint density at radius 1 is 1.44 bits per heavy atom. The first-order chi connectivity index (χ1) is 8.62. The fraction of sp³-hybridized carbons (Fsp3) is 0.500. The average Bonchev–Trinajstić information content (AvgIpc) is 3.18. The summed E-state index contributed by atoms with van der Waals surface area (Å²) in [4.78, 5) is 0.227. The summed E-state index contributed by atoms with van der Waals surface area (Å²) in [5, 5.41) is 8.68. The molecule has 0 spiro atoms. The maximum absolute atomic E-state index is 11.9. The lowest BCUT2D eigenvalue weighted by Crippen LogP contribution is -2.09. The molecule has 5 nitrogen and oxygen atoms in total. The SMILES string of the molecule is O=S(=O)(CCCO)c1cccc(OC[C@@H]2CO2)c1. The summed E-state index contributed by atoms with van der Waals surface area (Å²) in [6.45, 7) is 1.02. The Bertz CT molecular complexity index is 493. The first kappa shape index (κ1) is 13.3. The monoisotopic (exact) mass is 272 g/mol. The zero-order valence-electron chi connectivity index (χ0n) is 9.91. The van der Waals surface area contributed by atoms with Gasteiger partial charge in [-0.2, -0.15) is 0 Å². The number of hydrogen-bond acceptors (Lipinski definition) is 5. The minimum atomic E-state index is -3.34. The highest BCUT2D eigenvalue weighted by molar-refractivity contribution is 7.91. The van der Waals surface area contributed by atoms with Gasteiger partial charge >= 0.3 is 0 Å². The molecule has 1 aliphatic heterocycles. The van der Waals surface area contributed by atoms with Gasteiger partial charge in [0, 0.05) is 6.61 Å². The molecule has 0 saturated carbocycles. The van der Waals surface area contributed by atoms with Crippen molar-refractivity contribution in [1.29, 1.82) is 0 Å². The van der Waals surface area contributed by atoms with Crippen LogP contribution in [0.1, 0.15) is 6.42 Å². The molecule has 0 bridgehead atoms. The van der Waals surface area contributed by atoms with Crippen molar-refractivity contribution in [3.05, 3.63) is 24.3 Å². The van der Waals surface area contributed by atoms with Crippen molar-refractivity contribution in [2.75, 3.05) is 25.6 Å². The van der Waals surface area contributed by atoms with Crippen LogP contribution >= 0.6 is 0 Å². The fourth-order valence-electron chi connectivity index (χ4n) is 1.48. The predicted molar refractivity (Wildman–Crippen MR) is 65.4 cm³/mol. The summed E-state index contributed by atoms with van der Waals surface area (Å²) in [6.07, 6.45) is 0.378. The van der Waals surface area contributed by atoms with Gasteiger partial charge in [0.2, 0.25) is 0 Å². The summed E-state index contributed by atoms with van der Waals surface area (Å²) < 4.78 is 34.2. The van der Waals surface area contributed by atoms with Crippen LogP contribution in [-0.4, -0.2) is 45.2 Å². The highest BCUT2D eigenvalue weighted by atomic mass is 32.2. The number of sulfone groups is 1. The van der Waals surface area contributed by atoms with E-state index in [9.17, 15) is 8.42 Å². The van der Waals surface area contributed by atoms with E-state index in [0.717, 1.165) is 0 Å². The molecular weight excluding hydrogens is 256 g/mol. The number of epoxide rings is 1. The Kier molecular flexibility index (Phi) is 4.21. The van der Waals surface area contributed by atoms with Gasteiger partial charge < -0.3 is 14.6 Å². The minimum absolute atomic E-state index is 0.0569. The second kappa shape index (κ2) is 5.69. The molecule has 1 fully saturated rings. The van der Waals surface area contributed by atoms with E-state index >= 15 is 0 Å². The van der Waals surface area contributed by atoms with Crippen LogP contribution < -0.4 is 4.74 Å². The van der Waals surface area contributed by atoms with E-state index in [1.807, 2.05) is 0 Å². The van der Waals surface area contributed by atoms with Gasteiger partial charge in [0.1, 0.15) is 18.5 Å². The molecule has 0 aromatic heterocycles. The van der Waals surface area contributed by atoms with Crippen molar-refractivity contribution in [2.24, 2.45) is 0 Å². The largest absolute Gasteiger partial charge is 0.491 e. The summed E-state index contributed by atoms with van der Waals surface area (Å²) in [7, 11) is -3.34. The summed E-state index contributed by atoms with van der Waals surface area (Å²) in [5.41, 5.74) is 0. The molecule has 1 aromatic rings. The van der Waals surface area contributed by atoms with Crippen LogP contribution in [0.2, 0.25) is 0 Å². The number of aliphatic hydroxyl groups is 1. The number of hydrogen-bond donors (Lipinski definition) is 1. The lowest BCUT2D eigenvalue weighted by molar-refractivity contribution is 0.262. The lowest BCUT2D eigenvalue weighted by atomic mass is 10.3. The van der Waals surface area contributed by atoms with Gasteiger partial charge in [0.25, 0.3) is 0 Å². The van der Waals surface area contributed by atoms with E-state index in [0.29, 0.717) is 19.0 Å². The van der Waals surface area contributed by atoms with Crippen LogP contribution in [0.15, 0.2) is 29.2 Å². The Hall–Kier alpha value is -1.11. The summed E-state index contributed by atoms with van der Waals surface area (Å²) in [6, 6.07) is 6.41. The number of aliphatic hydroxyl groups excluding tert-OH is 1. The standard InChI is InChI=1S/C12H16O5S/c13-5-2-6-18(14,15)12-4-1-3-10(7-12)16-8-11-9-17-11/h1,3-4,7,11,13H,2,5-6,8-9H2/t11-/m1/s1. The van der Waals surface area contributed by atoms with Crippen LogP contribution in [0.5, 0.6) is 5.75 Å².